The third kappa shape index (κ3) is 2.29. The number of fused-ring (bicyclic) bond motifs is 1. The summed E-state index contributed by atoms with van der Waals surface area (Å²) < 4.78 is 2.02. The number of amides is 1. The van der Waals surface area contributed by atoms with Gasteiger partial charge in [0.15, 0.2) is 0 Å². The first kappa shape index (κ1) is 13.4. The number of carbonyl (C=O) groups excluding carboxylic acids is 1. The highest BCUT2D eigenvalue weighted by molar-refractivity contribution is 6.07. The Morgan fingerprint density at radius 2 is 1.86 bits per heavy atom. The number of rotatable bonds is 2. The molecule has 0 radical (unpaired) electrons. The second-order valence-electron chi connectivity index (χ2n) is 5.12. The van der Waals surface area contributed by atoms with Crippen molar-refractivity contribution in [1.29, 1.82) is 0 Å². The normalized spacial score (nSPS) is 10.8. The Balaban J connectivity index is 1.98. The molecule has 0 bridgehead atoms. The molecule has 4 nitrogen and oxygen atoms in total. The molecule has 3 rings (SSSR count). The fourth-order valence-electron chi connectivity index (χ4n) is 2.42. The molecule has 1 amide bonds. The fourth-order valence-corrected chi connectivity index (χ4v) is 2.42. The van der Waals surface area contributed by atoms with E-state index in [9.17, 15) is 4.79 Å². The number of aryl methyl sites for hydroxylation is 2. The highest BCUT2D eigenvalue weighted by atomic mass is 16.2. The van der Waals surface area contributed by atoms with E-state index in [0.29, 0.717) is 5.56 Å². The molecule has 0 aliphatic heterocycles. The summed E-state index contributed by atoms with van der Waals surface area (Å²) in [7, 11) is 3.76. The van der Waals surface area contributed by atoms with Crippen molar-refractivity contribution in [3.63, 3.8) is 0 Å². The summed E-state index contributed by atoms with van der Waals surface area (Å²) in [5.41, 5.74) is 3.40. The van der Waals surface area contributed by atoms with Crippen molar-refractivity contribution in [2.45, 2.75) is 6.92 Å². The molecular weight excluding hydrogens is 262 g/mol. The number of aromatic nitrogens is 2. The SMILES string of the molecule is Cc1nc2cc(C(=O)N(C)c3ccccc3)ccc2n1C. The topological polar surface area (TPSA) is 38.1 Å². The molecule has 0 spiro atoms. The standard InChI is InChI=1S/C17H17N3O/c1-12-18-15-11-13(9-10-16(15)19(12)2)17(21)20(3)14-7-5-4-6-8-14/h4-11H,1-3H3. The van der Waals surface area contributed by atoms with Crippen LogP contribution in [-0.2, 0) is 7.05 Å². The summed E-state index contributed by atoms with van der Waals surface area (Å²) in [5, 5.41) is 0. The zero-order valence-electron chi connectivity index (χ0n) is 12.4. The largest absolute Gasteiger partial charge is 0.331 e. The molecule has 4 heteroatoms. The van der Waals surface area contributed by atoms with E-state index >= 15 is 0 Å². The van der Waals surface area contributed by atoms with Crippen LogP contribution in [-0.4, -0.2) is 22.5 Å². The van der Waals surface area contributed by atoms with E-state index in [-0.39, 0.29) is 5.91 Å². The van der Waals surface area contributed by atoms with Crippen LogP contribution >= 0.6 is 0 Å². The lowest BCUT2D eigenvalue weighted by molar-refractivity contribution is 0.0993. The first-order chi connectivity index (χ1) is 10.1. The summed E-state index contributed by atoms with van der Waals surface area (Å²) in [4.78, 5) is 18.7. The zero-order chi connectivity index (χ0) is 15.0. The van der Waals surface area contributed by atoms with Gasteiger partial charge in [-0.2, -0.15) is 0 Å². The Morgan fingerprint density at radius 3 is 2.57 bits per heavy atom. The number of para-hydroxylation sites is 1. The summed E-state index contributed by atoms with van der Waals surface area (Å²) in [5.74, 6) is 0.900. The average molecular weight is 279 g/mol. The van der Waals surface area contributed by atoms with Crippen molar-refractivity contribution in [3.8, 4) is 0 Å². The molecule has 0 atom stereocenters. The number of anilines is 1. The van der Waals surface area contributed by atoms with Crippen LogP contribution in [0.1, 0.15) is 16.2 Å². The van der Waals surface area contributed by atoms with Crippen LogP contribution in [0.3, 0.4) is 0 Å². The third-order valence-corrected chi connectivity index (χ3v) is 3.80. The van der Waals surface area contributed by atoms with Crippen LogP contribution in [0.4, 0.5) is 5.69 Å². The summed E-state index contributed by atoms with van der Waals surface area (Å²) >= 11 is 0. The maximum absolute atomic E-state index is 12.6. The lowest BCUT2D eigenvalue weighted by Crippen LogP contribution is -2.26. The first-order valence-corrected chi connectivity index (χ1v) is 6.84. The van der Waals surface area contributed by atoms with Crippen LogP contribution in [0.2, 0.25) is 0 Å². The Hall–Kier alpha value is -2.62. The van der Waals surface area contributed by atoms with Crippen LogP contribution in [0.25, 0.3) is 11.0 Å². The zero-order valence-corrected chi connectivity index (χ0v) is 12.4. The Bertz CT molecular complexity index is 806. The lowest BCUT2D eigenvalue weighted by atomic mass is 10.1. The highest BCUT2D eigenvalue weighted by Gasteiger charge is 2.15. The molecule has 0 saturated heterocycles. The van der Waals surface area contributed by atoms with Gasteiger partial charge in [0.25, 0.3) is 5.91 Å². The summed E-state index contributed by atoms with van der Waals surface area (Å²) in [6, 6.07) is 15.3. The van der Waals surface area contributed by atoms with Gasteiger partial charge in [-0.25, -0.2) is 4.98 Å². The van der Waals surface area contributed by atoms with E-state index in [0.717, 1.165) is 22.5 Å². The maximum Gasteiger partial charge on any atom is 0.258 e. The number of nitrogens with zero attached hydrogens (tertiary/aromatic N) is 3. The van der Waals surface area contributed by atoms with Crippen molar-refractivity contribution in [1.82, 2.24) is 9.55 Å². The minimum Gasteiger partial charge on any atom is -0.331 e. The van der Waals surface area contributed by atoms with Gasteiger partial charge in [0.1, 0.15) is 5.82 Å². The summed E-state index contributed by atoms with van der Waals surface area (Å²) in [6.07, 6.45) is 0. The van der Waals surface area contributed by atoms with Crippen molar-refractivity contribution in [2.75, 3.05) is 11.9 Å². The van der Waals surface area contributed by atoms with Crippen molar-refractivity contribution >= 4 is 22.6 Å². The van der Waals surface area contributed by atoms with E-state index in [2.05, 4.69) is 4.98 Å². The monoisotopic (exact) mass is 279 g/mol. The number of benzene rings is 2. The van der Waals surface area contributed by atoms with Gasteiger partial charge in [-0.05, 0) is 37.3 Å². The molecule has 0 saturated carbocycles. The molecule has 0 aliphatic carbocycles. The van der Waals surface area contributed by atoms with E-state index in [1.165, 1.54) is 0 Å². The minimum absolute atomic E-state index is 0.0357. The second kappa shape index (κ2) is 5.05. The van der Waals surface area contributed by atoms with Crippen LogP contribution in [0.5, 0.6) is 0 Å². The van der Waals surface area contributed by atoms with Crippen LogP contribution in [0.15, 0.2) is 48.5 Å². The Kier molecular flexibility index (Phi) is 3.22. The molecule has 0 fully saturated rings. The molecule has 3 aromatic rings. The third-order valence-electron chi connectivity index (χ3n) is 3.80. The lowest BCUT2D eigenvalue weighted by Gasteiger charge is -2.17. The first-order valence-electron chi connectivity index (χ1n) is 6.84. The fraction of sp³-hybridized carbons (Fsp3) is 0.176. The van der Waals surface area contributed by atoms with Gasteiger partial charge in [0.2, 0.25) is 0 Å². The Morgan fingerprint density at radius 1 is 1.14 bits per heavy atom. The predicted molar refractivity (Wildman–Crippen MR) is 84.6 cm³/mol. The molecule has 0 unspecified atom stereocenters. The molecule has 0 N–H and O–H groups in total. The highest BCUT2D eigenvalue weighted by Crippen LogP contribution is 2.19. The van der Waals surface area contributed by atoms with Gasteiger partial charge in [-0.1, -0.05) is 18.2 Å². The van der Waals surface area contributed by atoms with Gasteiger partial charge >= 0.3 is 0 Å². The molecule has 2 aromatic carbocycles. The molecule has 0 aliphatic rings. The molecular formula is C17H17N3O. The quantitative estimate of drug-likeness (QED) is 0.722. The number of imidazole rings is 1. The van der Waals surface area contributed by atoms with Gasteiger partial charge in [-0.15, -0.1) is 0 Å². The number of hydrogen-bond donors (Lipinski definition) is 0. The number of carbonyl (C=O) groups is 1. The minimum atomic E-state index is -0.0357. The van der Waals surface area contributed by atoms with Crippen LogP contribution in [0, 0.1) is 6.92 Å². The van der Waals surface area contributed by atoms with Crippen molar-refractivity contribution in [2.24, 2.45) is 7.05 Å². The molecule has 106 valence electrons. The van der Waals surface area contributed by atoms with Crippen molar-refractivity contribution in [3.05, 3.63) is 59.9 Å². The molecule has 1 heterocycles. The average Bonchev–Trinajstić information content (AvgIpc) is 2.81. The molecule has 21 heavy (non-hydrogen) atoms. The van der Waals surface area contributed by atoms with Gasteiger partial charge in [0, 0.05) is 25.3 Å². The van der Waals surface area contributed by atoms with Gasteiger partial charge in [-0.3, -0.25) is 4.79 Å². The second-order valence-corrected chi connectivity index (χ2v) is 5.12. The Labute approximate surface area is 123 Å². The van der Waals surface area contributed by atoms with Crippen LogP contribution < -0.4 is 4.90 Å². The van der Waals surface area contributed by atoms with E-state index < -0.39 is 0 Å². The maximum atomic E-state index is 12.6. The smallest absolute Gasteiger partial charge is 0.258 e. The molecule has 1 aromatic heterocycles. The van der Waals surface area contributed by atoms with E-state index in [1.807, 2.05) is 67.1 Å². The predicted octanol–water partition coefficient (Wildman–Crippen LogP) is 3.16. The van der Waals surface area contributed by atoms with Gasteiger partial charge in [0.05, 0.1) is 11.0 Å². The van der Waals surface area contributed by atoms with E-state index in [1.54, 1.807) is 11.9 Å². The number of hydrogen-bond acceptors (Lipinski definition) is 2. The summed E-state index contributed by atoms with van der Waals surface area (Å²) in [6.45, 7) is 1.96. The van der Waals surface area contributed by atoms with Gasteiger partial charge < -0.3 is 9.47 Å². The van der Waals surface area contributed by atoms with Crippen molar-refractivity contribution < 1.29 is 4.79 Å². The van der Waals surface area contributed by atoms with E-state index in [4.69, 9.17) is 0 Å².